The Balaban J connectivity index is 2.39. The highest BCUT2D eigenvalue weighted by Crippen LogP contribution is 2.36. The van der Waals surface area contributed by atoms with E-state index in [0.717, 1.165) is 10.5 Å². The number of anilines is 1. The fourth-order valence-corrected chi connectivity index (χ4v) is 2.37. The third-order valence-corrected chi connectivity index (χ3v) is 3.44. The lowest BCUT2D eigenvalue weighted by Crippen LogP contribution is -2.02. The summed E-state index contributed by atoms with van der Waals surface area (Å²) in [6.45, 7) is 1.99. The number of nitro groups is 1. The third kappa shape index (κ3) is 3.00. The summed E-state index contributed by atoms with van der Waals surface area (Å²) < 4.78 is 0. The van der Waals surface area contributed by atoms with Crippen LogP contribution < -0.4 is 5.32 Å². The number of aryl methyl sites for hydroxylation is 1. The van der Waals surface area contributed by atoms with Gasteiger partial charge in [0, 0.05) is 11.9 Å². The Kier molecular flexibility index (Phi) is 3.96. The lowest BCUT2D eigenvalue weighted by atomic mass is 10.2. The monoisotopic (exact) mass is 276 g/mol. The lowest BCUT2D eigenvalue weighted by Gasteiger charge is -2.05. The van der Waals surface area contributed by atoms with Crippen LogP contribution in [-0.2, 0) is 0 Å². The van der Waals surface area contributed by atoms with Crippen molar-refractivity contribution in [2.45, 2.75) is 16.8 Å². The first-order chi connectivity index (χ1) is 9.11. The van der Waals surface area contributed by atoms with Crippen LogP contribution in [0.25, 0.3) is 0 Å². The first-order valence-corrected chi connectivity index (χ1v) is 6.35. The molecule has 0 fully saturated rings. The van der Waals surface area contributed by atoms with Crippen molar-refractivity contribution in [2.24, 2.45) is 0 Å². The molecule has 19 heavy (non-hydrogen) atoms. The van der Waals surface area contributed by atoms with Gasteiger partial charge in [-0.25, -0.2) is 9.97 Å². The molecule has 0 aliphatic rings. The number of nitrogens with one attached hydrogen (secondary N) is 1. The van der Waals surface area contributed by atoms with E-state index in [0.29, 0.717) is 5.03 Å². The average molecular weight is 276 g/mol. The molecular formula is C12H12N4O2S. The van der Waals surface area contributed by atoms with Gasteiger partial charge in [-0.1, -0.05) is 29.5 Å². The van der Waals surface area contributed by atoms with E-state index < -0.39 is 4.92 Å². The molecule has 0 saturated heterocycles. The zero-order valence-corrected chi connectivity index (χ0v) is 11.3. The van der Waals surface area contributed by atoms with E-state index in [2.05, 4.69) is 15.3 Å². The summed E-state index contributed by atoms with van der Waals surface area (Å²) in [6.07, 6.45) is 1.31. The summed E-state index contributed by atoms with van der Waals surface area (Å²) in [5.41, 5.74) is 1.04. The van der Waals surface area contributed by atoms with Crippen LogP contribution in [-0.4, -0.2) is 21.9 Å². The summed E-state index contributed by atoms with van der Waals surface area (Å²) in [6, 6.07) is 7.72. The number of nitrogens with zero attached hydrogens (tertiary/aromatic N) is 3. The number of rotatable bonds is 4. The molecular weight excluding hydrogens is 264 g/mol. The molecule has 0 aliphatic heterocycles. The fraction of sp³-hybridized carbons (Fsp3) is 0.167. The van der Waals surface area contributed by atoms with Gasteiger partial charge in [0.2, 0.25) is 5.82 Å². The number of hydrogen-bond acceptors (Lipinski definition) is 6. The van der Waals surface area contributed by atoms with Crippen LogP contribution in [0.1, 0.15) is 5.56 Å². The maximum Gasteiger partial charge on any atom is 0.343 e. The minimum absolute atomic E-state index is 0.101. The molecule has 0 atom stereocenters. The molecule has 1 heterocycles. The molecule has 6 nitrogen and oxygen atoms in total. The molecule has 7 heteroatoms. The number of hydrogen-bond donors (Lipinski definition) is 1. The second kappa shape index (κ2) is 5.66. The maximum atomic E-state index is 11.1. The molecule has 0 spiro atoms. The van der Waals surface area contributed by atoms with E-state index in [-0.39, 0.29) is 11.5 Å². The molecule has 98 valence electrons. The van der Waals surface area contributed by atoms with Gasteiger partial charge in [0.25, 0.3) is 0 Å². The van der Waals surface area contributed by atoms with E-state index in [1.165, 1.54) is 18.1 Å². The Bertz CT molecular complexity index is 601. The van der Waals surface area contributed by atoms with E-state index in [9.17, 15) is 10.1 Å². The van der Waals surface area contributed by atoms with Crippen molar-refractivity contribution >= 4 is 23.3 Å². The zero-order chi connectivity index (χ0) is 13.8. The van der Waals surface area contributed by atoms with E-state index in [1.54, 1.807) is 7.05 Å². The van der Waals surface area contributed by atoms with Crippen LogP contribution in [0, 0.1) is 17.0 Å². The van der Waals surface area contributed by atoms with Gasteiger partial charge in [-0.2, -0.15) is 0 Å². The molecule has 0 aliphatic carbocycles. The quantitative estimate of drug-likeness (QED) is 0.525. The summed E-state index contributed by atoms with van der Waals surface area (Å²) in [5.74, 6) is 0.217. The van der Waals surface area contributed by atoms with Gasteiger partial charge in [-0.3, -0.25) is 10.1 Å². The molecule has 2 rings (SSSR count). The first kappa shape index (κ1) is 13.3. The Morgan fingerprint density at radius 1 is 1.26 bits per heavy atom. The SMILES string of the molecule is CNc1ncnc(Sc2ccc(C)cc2)c1[N+](=O)[O-]. The van der Waals surface area contributed by atoms with E-state index in [4.69, 9.17) is 0 Å². The zero-order valence-electron chi connectivity index (χ0n) is 10.5. The standard InChI is InChI=1S/C12H12N4O2S/c1-8-3-5-9(6-4-8)19-12-10(16(17)18)11(13-2)14-7-15-12/h3-7H,1-2H3,(H,13,14,15). The number of aromatic nitrogens is 2. The van der Waals surface area contributed by atoms with Crippen molar-refractivity contribution in [1.29, 1.82) is 0 Å². The normalized spacial score (nSPS) is 10.2. The largest absolute Gasteiger partial charge is 0.367 e. The minimum atomic E-state index is -0.470. The number of benzene rings is 1. The van der Waals surface area contributed by atoms with Crippen LogP contribution in [0.4, 0.5) is 11.5 Å². The smallest absolute Gasteiger partial charge is 0.343 e. The highest BCUT2D eigenvalue weighted by molar-refractivity contribution is 7.99. The second-order valence-electron chi connectivity index (χ2n) is 3.80. The van der Waals surface area contributed by atoms with Crippen LogP contribution in [0.15, 0.2) is 40.5 Å². The molecule has 0 saturated carbocycles. The van der Waals surface area contributed by atoms with Gasteiger partial charge < -0.3 is 5.32 Å². The van der Waals surface area contributed by atoms with Crippen molar-refractivity contribution < 1.29 is 4.92 Å². The molecule has 0 amide bonds. The predicted octanol–water partition coefficient (Wildman–Crippen LogP) is 2.89. The summed E-state index contributed by atoms with van der Waals surface area (Å²) >= 11 is 1.25. The maximum absolute atomic E-state index is 11.1. The molecule has 1 N–H and O–H groups in total. The van der Waals surface area contributed by atoms with Crippen LogP contribution >= 0.6 is 11.8 Å². The minimum Gasteiger partial charge on any atom is -0.367 e. The van der Waals surface area contributed by atoms with Crippen molar-refractivity contribution in [1.82, 2.24) is 9.97 Å². The predicted molar refractivity (Wildman–Crippen MR) is 73.5 cm³/mol. The van der Waals surface area contributed by atoms with Gasteiger partial charge >= 0.3 is 5.69 Å². The van der Waals surface area contributed by atoms with Crippen molar-refractivity contribution in [3.05, 3.63) is 46.3 Å². The van der Waals surface area contributed by atoms with Crippen LogP contribution in [0.5, 0.6) is 0 Å². The van der Waals surface area contributed by atoms with Gasteiger partial charge in [-0.15, -0.1) is 0 Å². The van der Waals surface area contributed by atoms with Gasteiger partial charge in [-0.05, 0) is 19.1 Å². The van der Waals surface area contributed by atoms with Crippen molar-refractivity contribution in [3.63, 3.8) is 0 Å². The molecule has 0 radical (unpaired) electrons. The van der Waals surface area contributed by atoms with E-state index in [1.807, 2.05) is 31.2 Å². The fourth-order valence-electron chi connectivity index (χ4n) is 1.50. The third-order valence-electron chi connectivity index (χ3n) is 2.44. The van der Waals surface area contributed by atoms with Gasteiger partial charge in [0.05, 0.1) is 4.92 Å². The van der Waals surface area contributed by atoms with Crippen LogP contribution in [0.3, 0.4) is 0 Å². The Hall–Kier alpha value is -2.15. The topological polar surface area (TPSA) is 81.0 Å². The van der Waals surface area contributed by atoms with Gasteiger partial charge in [0.1, 0.15) is 6.33 Å². The van der Waals surface area contributed by atoms with E-state index >= 15 is 0 Å². The Labute approximate surface area is 114 Å². The highest BCUT2D eigenvalue weighted by atomic mass is 32.2. The van der Waals surface area contributed by atoms with Gasteiger partial charge in [0.15, 0.2) is 5.03 Å². The first-order valence-electron chi connectivity index (χ1n) is 5.53. The summed E-state index contributed by atoms with van der Waals surface area (Å²) in [7, 11) is 1.59. The summed E-state index contributed by atoms with van der Waals surface area (Å²) in [5, 5.41) is 14.2. The highest BCUT2D eigenvalue weighted by Gasteiger charge is 2.22. The molecule has 1 aromatic heterocycles. The molecule has 0 bridgehead atoms. The molecule has 2 aromatic rings. The average Bonchev–Trinajstić information content (AvgIpc) is 2.40. The second-order valence-corrected chi connectivity index (χ2v) is 4.86. The Morgan fingerprint density at radius 3 is 2.53 bits per heavy atom. The summed E-state index contributed by atoms with van der Waals surface area (Å²) in [4.78, 5) is 19.4. The Morgan fingerprint density at radius 2 is 1.95 bits per heavy atom. The molecule has 1 aromatic carbocycles. The van der Waals surface area contributed by atoms with Crippen LogP contribution in [0.2, 0.25) is 0 Å². The molecule has 0 unspecified atom stereocenters. The van der Waals surface area contributed by atoms with Crippen molar-refractivity contribution in [2.75, 3.05) is 12.4 Å². The van der Waals surface area contributed by atoms with Crippen molar-refractivity contribution in [3.8, 4) is 0 Å². The lowest BCUT2D eigenvalue weighted by molar-refractivity contribution is -0.387.